The number of ether oxygens (including phenoxy) is 2. The minimum atomic E-state index is -0.441. The third-order valence-electron chi connectivity index (χ3n) is 6.90. The summed E-state index contributed by atoms with van der Waals surface area (Å²) >= 11 is 0. The number of esters is 1. The van der Waals surface area contributed by atoms with E-state index in [0.29, 0.717) is 22.9 Å². The normalized spacial score (nSPS) is 12.8. The lowest BCUT2D eigenvalue weighted by atomic mass is 9.91. The van der Waals surface area contributed by atoms with Crippen LogP contribution in [0.15, 0.2) is 59.9 Å². The molecule has 0 saturated heterocycles. The second-order valence-electron chi connectivity index (χ2n) is 9.96. The highest BCUT2D eigenvalue weighted by Gasteiger charge is 2.27. The monoisotopic (exact) mass is 553 g/mol. The van der Waals surface area contributed by atoms with Gasteiger partial charge in [0.1, 0.15) is 5.75 Å². The second-order valence-corrected chi connectivity index (χ2v) is 9.96. The highest BCUT2D eigenvalue weighted by Crippen LogP contribution is 2.40. The molecule has 10 nitrogen and oxygen atoms in total. The topological polar surface area (TPSA) is 130 Å². The Bertz CT molecular complexity index is 1660. The molecule has 1 aliphatic carbocycles. The number of anilines is 2. The number of hydrogen-bond acceptors (Lipinski definition) is 9. The van der Waals surface area contributed by atoms with Crippen molar-refractivity contribution in [2.24, 2.45) is 17.8 Å². The molecule has 0 amide bonds. The van der Waals surface area contributed by atoms with Crippen LogP contribution in [0.3, 0.4) is 0 Å². The summed E-state index contributed by atoms with van der Waals surface area (Å²) in [4.78, 5) is 25.9. The number of aryl methyl sites for hydroxylation is 3. The highest BCUT2D eigenvalue weighted by molar-refractivity contribution is 6.09. The summed E-state index contributed by atoms with van der Waals surface area (Å²) in [6, 6.07) is 13.4. The number of carbonyl (C=O) groups is 1. The number of methoxy groups -OCH3 is 2. The molecule has 2 aromatic heterocycles. The maximum Gasteiger partial charge on any atom is 0.337 e. The number of fused-ring (bicyclic) bond motifs is 3. The van der Waals surface area contributed by atoms with E-state index >= 15 is 0 Å². The van der Waals surface area contributed by atoms with Crippen LogP contribution in [0.4, 0.5) is 11.6 Å². The number of nitrogens with one attached hydrogen (secondary N) is 1. The molecule has 0 fully saturated rings. The quantitative estimate of drug-likeness (QED) is 0.225. The number of rotatable bonds is 8. The summed E-state index contributed by atoms with van der Waals surface area (Å²) in [7, 11) is 4.84. The fraction of sp³-hybridized carbons (Fsp3) is 0.258. The van der Waals surface area contributed by atoms with Crippen LogP contribution >= 0.6 is 0 Å². The van der Waals surface area contributed by atoms with Crippen LogP contribution in [0.2, 0.25) is 0 Å². The largest absolute Gasteiger partial charge is 0.495 e. The van der Waals surface area contributed by atoms with E-state index in [1.54, 1.807) is 24.4 Å². The smallest absolute Gasteiger partial charge is 0.337 e. The maximum atomic E-state index is 12.0. The zero-order valence-electron chi connectivity index (χ0n) is 23.8. The number of nitrogens with zero attached hydrogens (tertiary/aromatic N) is 5. The van der Waals surface area contributed by atoms with Gasteiger partial charge in [-0.2, -0.15) is 5.10 Å². The molecule has 2 heterocycles. The van der Waals surface area contributed by atoms with Gasteiger partial charge >= 0.3 is 5.97 Å². The number of carbonyl (C=O) groups excluding carboxylic acids is 1. The molecule has 0 unspecified atom stereocenters. The summed E-state index contributed by atoms with van der Waals surface area (Å²) in [6.07, 6.45) is 6.85. The van der Waals surface area contributed by atoms with Crippen molar-refractivity contribution >= 4 is 29.4 Å². The van der Waals surface area contributed by atoms with E-state index in [1.165, 1.54) is 14.2 Å². The fourth-order valence-electron chi connectivity index (χ4n) is 4.88. The summed E-state index contributed by atoms with van der Waals surface area (Å²) in [5.41, 5.74) is 14.6. The van der Waals surface area contributed by atoms with Crippen LogP contribution in [-0.2, 0) is 24.6 Å². The third kappa shape index (κ3) is 5.54. The minimum absolute atomic E-state index is 0. The Morgan fingerprint density at radius 3 is 2.59 bits per heavy atom. The molecule has 3 N–H and O–H groups in total. The van der Waals surface area contributed by atoms with Crippen molar-refractivity contribution in [3.63, 3.8) is 0 Å². The van der Waals surface area contributed by atoms with E-state index in [1.807, 2.05) is 50.1 Å². The van der Waals surface area contributed by atoms with E-state index in [4.69, 9.17) is 25.3 Å². The summed E-state index contributed by atoms with van der Waals surface area (Å²) < 4.78 is 12.2. The lowest BCUT2D eigenvalue weighted by Crippen LogP contribution is -2.09. The van der Waals surface area contributed by atoms with Crippen molar-refractivity contribution in [2.75, 3.05) is 19.5 Å². The molecule has 0 aliphatic heterocycles. The summed E-state index contributed by atoms with van der Waals surface area (Å²) in [5, 5.41) is 8.09. The maximum absolute atomic E-state index is 12.0. The standard InChI is InChI=1S/C31H33N7O3.H2/c1-18(2)33-17-23(15-32)19-6-8-20(9-7-19)29-27-25(37-38(29)3)13-11-22-16-34-31(36-28(22)27)35-24-12-10-21(30(39)41-5)14-26(24)40-4;/h6-10,12,14-18H,11,13,32H2,1-5H3,(H,34,35,36);1H/b23-15+,33-17?;. The van der Waals surface area contributed by atoms with Gasteiger partial charge in [0.15, 0.2) is 0 Å². The minimum Gasteiger partial charge on any atom is -0.495 e. The van der Waals surface area contributed by atoms with E-state index in [-0.39, 0.29) is 7.47 Å². The van der Waals surface area contributed by atoms with Crippen molar-refractivity contribution in [3.05, 3.63) is 77.2 Å². The number of aliphatic imine (C=N–C) groups is 1. The SMILES string of the molecule is COC(=O)c1ccc(Nc2ncc3c(n2)-c2c(nn(C)c2-c2ccc(/C(C=NC(C)C)=C/N)cc2)CC3)c(OC)c1.[HH]. The molecule has 0 radical (unpaired) electrons. The molecule has 0 spiro atoms. The summed E-state index contributed by atoms with van der Waals surface area (Å²) in [6.45, 7) is 4.05. The van der Waals surface area contributed by atoms with Crippen LogP contribution in [0, 0.1) is 0 Å². The summed E-state index contributed by atoms with van der Waals surface area (Å²) in [5.74, 6) is 0.443. The average Bonchev–Trinajstić information content (AvgIpc) is 3.33. The molecule has 2 aromatic carbocycles. The first-order valence-corrected chi connectivity index (χ1v) is 13.3. The van der Waals surface area contributed by atoms with Gasteiger partial charge in [0, 0.05) is 49.8 Å². The van der Waals surface area contributed by atoms with E-state index in [9.17, 15) is 4.79 Å². The first-order chi connectivity index (χ1) is 19.8. The molecule has 0 saturated carbocycles. The van der Waals surface area contributed by atoms with Gasteiger partial charge in [-0.15, -0.1) is 0 Å². The van der Waals surface area contributed by atoms with Crippen LogP contribution in [0.25, 0.3) is 28.1 Å². The Labute approximate surface area is 240 Å². The van der Waals surface area contributed by atoms with Gasteiger partial charge in [-0.1, -0.05) is 24.3 Å². The molecule has 0 atom stereocenters. The lowest BCUT2D eigenvalue weighted by molar-refractivity contribution is 0.0600. The fourth-order valence-corrected chi connectivity index (χ4v) is 4.88. The van der Waals surface area contributed by atoms with Crippen molar-refractivity contribution in [2.45, 2.75) is 32.7 Å². The Hall–Kier alpha value is -4.99. The first kappa shape index (κ1) is 27.6. The van der Waals surface area contributed by atoms with Crippen LogP contribution in [0.5, 0.6) is 5.75 Å². The Kier molecular flexibility index (Phi) is 7.82. The molecule has 0 bridgehead atoms. The Morgan fingerprint density at radius 1 is 1.15 bits per heavy atom. The van der Waals surface area contributed by atoms with Gasteiger partial charge in [-0.3, -0.25) is 9.67 Å². The van der Waals surface area contributed by atoms with Crippen LogP contribution in [0.1, 0.15) is 42.5 Å². The van der Waals surface area contributed by atoms with Gasteiger partial charge < -0.3 is 20.5 Å². The zero-order chi connectivity index (χ0) is 29.1. The van der Waals surface area contributed by atoms with Crippen molar-refractivity contribution in [3.8, 4) is 28.3 Å². The van der Waals surface area contributed by atoms with Gasteiger partial charge in [0.05, 0.1) is 42.6 Å². The van der Waals surface area contributed by atoms with Crippen LogP contribution < -0.4 is 15.8 Å². The number of hydrogen-bond donors (Lipinski definition) is 2. The van der Waals surface area contributed by atoms with Crippen molar-refractivity contribution in [1.29, 1.82) is 0 Å². The van der Waals surface area contributed by atoms with E-state index in [2.05, 4.69) is 27.4 Å². The zero-order valence-corrected chi connectivity index (χ0v) is 23.8. The molecule has 4 aromatic rings. The third-order valence-corrected chi connectivity index (χ3v) is 6.90. The van der Waals surface area contributed by atoms with E-state index < -0.39 is 5.97 Å². The molecule has 10 heteroatoms. The molecule has 212 valence electrons. The number of aromatic nitrogens is 4. The average molecular weight is 554 g/mol. The van der Waals surface area contributed by atoms with Gasteiger partial charge in [0.2, 0.25) is 5.95 Å². The van der Waals surface area contributed by atoms with Crippen molar-refractivity contribution in [1.82, 2.24) is 19.7 Å². The van der Waals surface area contributed by atoms with Gasteiger partial charge in [-0.25, -0.2) is 14.8 Å². The lowest BCUT2D eigenvalue weighted by Gasteiger charge is -2.18. The molecular weight excluding hydrogens is 518 g/mol. The first-order valence-electron chi connectivity index (χ1n) is 13.3. The predicted molar refractivity (Wildman–Crippen MR) is 163 cm³/mol. The Morgan fingerprint density at radius 2 is 1.90 bits per heavy atom. The van der Waals surface area contributed by atoms with E-state index in [0.717, 1.165) is 57.8 Å². The van der Waals surface area contributed by atoms with Crippen LogP contribution in [-0.4, -0.2) is 52.2 Å². The molecule has 5 rings (SSSR count). The van der Waals surface area contributed by atoms with Crippen molar-refractivity contribution < 1.29 is 15.7 Å². The number of nitrogens with two attached hydrogens (primary N) is 1. The highest BCUT2D eigenvalue weighted by atomic mass is 16.5. The molecular formula is C31H35N7O3. The second kappa shape index (κ2) is 11.6. The van der Waals surface area contributed by atoms with Gasteiger partial charge in [-0.05, 0) is 56.0 Å². The number of allylic oxidation sites excluding steroid dienone is 1. The number of benzene rings is 2. The Balaban J connectivity index is 0.00000405. The van der Waals surface area contributed by atoms with Gasteiger partial charge in [0.25, 0.3) is 0 Å². The molecule has 41 heavy (non-hydrogen) atoms. The molecule has 1 aliphatic rings. The predicted octanol–water partition coefficient (Wildman–Crippen LogP) is 5.21.